The number of benzene rings is 1. The minimum atomic E-state index is 0.287. The molecular formula is C17H28N2O. The second-order valence-corrected chi connectivity index (χ2v) is 6.04. The molecule has 1 heterocycles. The Morgan fingerprint density at radius 3 is 2.80 bits per heavy atom. The minimum absolute atomic E-state index is 0.287. The van der Waals surface area contributed by atoms with Gasteiger partial charge in [0, 0.05) is 18.6 Å². The fraction of sp³-hybridized carbons (Fsp3) is 0.647. The van der Waals surface area contributed by atoms with E-state index in [2.05, 4.69) is 48.3 Å². The maximum atomic E-state index is 9.53. The molecule has 3 atom stereocenters. The molecule has 0 amide bonds. The molecule has 0 aromatic heterocycles. The van der Waals surface area contributed by atoms with Crippen LogP contribution in [-0.2, 0) is 0 Å². The molecule has 0 bridgehead atoms. The predicted molar refractivity (Wildman–Crippen MR) is 83.8 cm³/mol. The monoisotopic (exact) mass is 276 g/mol. The molecule has 1 saturated heterocycles. The third-order valence-corrected chi connectivity index (χ3v) is 4.80. The molecule has 2 N–H and O–H groups in total. The SMILES string of the molecule is CNC(CCN1CCC(C)C1CO)c1ccccc1C. The van der Waals surface area contributed by atoms with Gasteiger partial charge in [-0.1, -0.05) is 31.2 Å². The van der Waals surface area contributed by atoms with Gasteiger partial charge in [-0.2, -0.15) is 0 Å². The van der Waals surface area contributed by atoms with Crippen LogP contribution in [0.3, 0.4) is 0 Å². The largest absolute Gasteiger partial charge is 0.395 e. The number of hydrogen-bond acceptors (Lipinski definition) is 3. The summed E-state index contributed by atoms with van der Waals surface area (Å²) in [6.45, 7) is 6.88. The first-order valence-corrected chi connectivity index (χ1v) is 7.75. The van der Waals surface area contributed by atoms with Crippen LogP contribution in [0.5, 0.6) is 0 Å². The zero-order valence-electron chi connectivity index (χ0n) is 13.0. The van der Waals surface area contributed by atoms with Gasteiger partial charge < -0.3 is 10.4 Å². The fourth-order valence-electron chi connectivity index (χ4n) is 3.39. The summed E-state index contributed by atoms with van der Waals surface area (Å²) in [4.78, 5) is 2.45. The van der Waals surface area contributed by atoms with E-state index in [0.717, 1.165) is 19.5 Å². The van der Waals surface area contributed by atoms with Gasteiger partial charge in [-0.3, -0.25) is 4.90 Å². The highest BCUT2D eigenvalue weighted by atomic mass is 16.3. The van der Waals surface area contributed by atoms with E-state index in [1.54, 1.807) is 0 Å². The van der Waals surface area contributed by atoms with Gasteiger partial charge in [0.05, 0.1) is 6.61 Å². The normalized spacial score (nSPS) is 25.0. The van der Waals surface area contributed by atoms with Crippen LogP contribution in [0.4, 0.5) is 0 Å². The maximum absolute atomic E-state index is 9.53. The molecule has 0 radical (unpaired) electrons. The smallest absolute Gasteiger partial charge is 0.0589 e. The molecule has 3 heteroatoms. The molecule has 0 spiro atoms. The van der Waals surface area contributed by atoms with Crippen LogP contribution in [0, 0.1) is 12.8 Å². The van der Waals surface area contributed by atoms with Crippen molar-refractivity contribution in [2.24, 2.45) is 5.92 Å². The maximum Gasteiger partial charge on any atom is 0.0589 e. The number of hydrogen-bond donors (Lipinski definition) is 2. The van der Waals surface area contributed by atoms with Gasteiger partial charge in [-0.05, 0) is 50.4 Å². The molecule has 1 aromatic carbocycles. The van der Waals surface area contributed by atoms with Gasteiger partial charge in [-0.25, -0.2) is 0 Å². The van der Waals surface area contributed by atoms with E-state index in [-0.39, 0.29) is 6.61 Å². The van der Waals surface area contributed by atoms with E-state index in [9.17, 15) is 5.11 Å². The van der Waals surface area contributed by atoms with E-state index in [1.165, 1.54) is 17.5 Å². The lowest BCUT2D eigenvalue weighted by Crippen LogP contribution is -2.37. The molecule has 1 fully saturated rings. The van der Waals surface area contributed by atoms with Crippen molar-refractivity contribution in [1.82, 2.24) is 10.2 Å². The lowest BCUT2D eigenvalue weighted by atomic mass is 9.98. The summed E-state index contributed by atoms with van der Waals surface area (Å²) in [5, 5.41) is 13.0. The summed E-state index contributed by atoms with van der Waals surface area (Å²) in [6.07, 6.45) is 2.30. The topological polar surface area (TPSA) is 35.5 Å². The summed E-state index contributed by atoms with van der Waals surface area (Å²) in [7, 11) is 2.03. The zero-order chi connectivity index (χ0) is 14.5. The van der Waals surface area contributed by atoms with Crippen LogP contribution >= 0.6 is 0 Å². The second kappa shape index (κ2) is 7.21. The number of nitrogens with zero attached hydrogens (tertiary/aromatic N) is 1. The van der Waals surface area contributed by atoms with Gasteiger partial charge in [0.15, 0.2) is 0 Å². The summed E-state index contributed by atoms with van der Waals surface area (Å²) >= 11 is 0. The van der Waals surface area contributed by atoms with Crippen molar-refractivity contribution < 1.29 is 5.11 Å². The molecule has 1 aromatic rings. The number of likely N-dealkylation sites (tertiary alicyclic amines) is 1. The molecule has 20 heavy (non-hydrogen) atoms. The van der Waals surface area contributed by atoms with Crippen molar-refractivity contribution in [2.75, 3.05) is 26.7 Å². The summed E-state index contributed by atoms with van der Waals surface area (Å²) in [5.41, 5.74) is 2.74. The highest BCUT2D eigenvalue weighted by molar-refractivity contribution is 5.28. The van der Waals surface area contributed by atoms with Gasteiger partial charge in [-0.15, -0.1) is 0 Å². The number of rotatable bonds is 6. The third-order valence-electron chi connectivity index (χ3n) is 4.80. The van der Waals surface area contributed by atoms with Gasteiger partial charge in [0.25, 0.3) is 0 Å². The molecule has 0 saturated carbocycles. The van der Waals surface area contributed by atoms with Gasteiger partial charge >= 0.3 is 0 Å². The van der Waals surface area contributed by atoms with E-state index in [4.69, 9.17) is 0 Å². The summed E-state index contributed by atoms with van der Waals surface area (Å²) in [6, 6.07) is 9.34. The Bertz CT molecular complexity index is 421. The molecule has 1 aliphatic rings. The number of nitrogens with one attached hydrogen (secondary N) is 1. The number of aliphatic hydroxyl groups excluding tert-OH is 1. The molecule has 112 valence electrons. The van der Waals surface area contributed by atoms with Crippen molar-refractivity contribution in [3.05, 3.63) is 35.4 Å². The molecule has 1 aliphatic heterocycles. The highest BCUT2D eigenvalue weighted by Gasteiger charge is 2.30. The van der Waals surface area contributed by atoms with Crippen molar-refractivity contribution in [3.8, 4) is 0 Å². The van der Waals surface area contributed by atoms with Gasteiger partial charge in [0.2, 0.25) is 0 Å². The first kappa shape index (κ1) is 15.5. The van der Waals surface area contributed by atoms with Crippen molar-refractivity contribution in [3.63, 3.8) is 0 Å². The van der Waals surface area contributed by atoms with E-state index >= 15 is 0 Å². The van der Waals surface area contributed by atoms with E-state index in [1.807, 2.05) is 7.05 Å². The number of aryl methyl sites for hydroxylation is 1. The lowest BCUT2D eigenvalue weighted by molar-refractivity contribution is 0.135. The molecule has 3 unspecified atom stereocenters. The van der Waals surface area contributed by atoms with Crippen LogP contribution < -0.4 is 5.32 Å². The Kier molecular flexibility index (Phi) is 5.58. The van der Waals surface area contributed by atoms with Crippen LogP contribution in [0.1, 0.15) is 36.9 Å². The van der Waals surface area contributed by atoms with Gasteiger partial charge in [0.1, 0.15) is 0 Å². The van der Waals surface area contributed by atoms with Crippen LogP contribution in [0.25, 0.3) is 0 Å². The standard InChI is InChI=1S/C17H28N2O/c1-13-6-4-5-7-15(13)16(18-3)9-11-19-10-8-14(2)17(19)12-20/h4-7,14,16-18,20H,8-12H2,1-3H3. The molecule has 2 rings (SSSR count). The predicted octanol–water partition coefficient (Wildman–Crippen LogP) is 2.35. The molecule has 3 nitrogen and oxygen atoms in total. The van der Waals surface area contributed by atoms with E-state index in [0.29, 0.717) is 18.0 Å². The number of aliphatic hydroxyl groups is 1. The first-order valence-electron chi connectivity index (χ1n) is 7.75. The molecular weight excluding hydrogens is 248 g/mol. The van der Waals surface area contributed by atoms with Crippen LogP contribution in [0.2, 0.25) is 0 Å². The van der Waals surface area contributed by atoms with E-state index < -0.39 is 0 Å². The summed E-state index contributed by atoms with van der Waals surface area (Å²) < 4.78 is 0. The van der Waals surface area contributed by atoms with Crippen LogP contribution in [-0.4, -0.2) is 42.8 Å². The highest BCUT2D eigenvalue weighted by Crippen LogP contribution is 2.26. The minimum Gasteiger partial charge on any atom is -0.395 e. The Balaban J connectivity index is 1.96. The third kappa shape index (κ3) is 3.40. The second-order valence-electron chi connectivity index (χ2n) is 6.04. The Labute approximate surface area is 123 Å². The summed E-state index contributed by atoms with van der Waals surface area (Å²) in [5.74, 6) is 0.617. The van der Waals surface area contributed by atoms with Crippen LogP contribution in [0.15, 0.2) is 24.3 Å². The first-order chi connectivity index (χ1) is 9.67. The molecule has 0 aliphatic carbocycles. The van der Waals surface area contributed by atoms with Crippen molar-refractivity contribution >= 4 is 0 Å². The Morgan fingerprint density at radius 2 is 2.15 bits per heavy atom. The Morgan fingerprint density at radius 1 is 1.40 bits per heavy atom. The van der Waals surface area contributed by atoms with Crippen molar-refractivity contribution in [2.45, 2.75) is 38.8 Å². The van der Waals surface area contributed by atoms with Crippen molar-refractivity contribution in [1.29, 1.82) is 0 Å². The average Bonchev–Trinajstić information content (AvgIpc) is 2.81. The quantitative estimate of drug-likeness (QED) is 0.837. The lowest BCUT2D eigenvalue weighted by Gasteiger charge is -2.27. The zero-order valence-corrected chi connectivity index (χ0v) is 13.0. The Hall–Kier alpha value is -0.900. The average molecular weight is 276 g/mol. The fourth-order valence-corrected chi connectivity index (χ4v) is 3.39.